The zero-order chi connectivity index (χ0) is 18.6. The van der Waals surface area contributed by atoms with Crippen LogP contribution in [0.3, 0.4) is 0 Å². The summed E-state index contributed by atoms with van der Waals surface area (Å²) in [6.07, 6.45) is 2.81. The van der Waals surface area contributed by atoms with Gasteiger partial charge in [-0.15, -0.1) is 0 Å². The van der Waals surface area contributed by atoms with Crippen LogP contribution in [0.2, 0.25) is 0 Å². The molecule has 0 radical (unpaired) electrons. The molecule has 1 aromatic carbocycles. The largest absolute Gasteiger partial charge is 0.465 e. The van der Waals surface area contributed by atoms with Gasteiger partial charge in [0.2, 0.25) is 5.91 Å². The molecule has 1 saturated carbocycles. The third-order valence-electron chi connectivity index (χ3n) is 4.75. The Morgan fingerprint density at radius 3 is 2.32 bits per heavy atom. The Hall–Kier alpha value is -2.04. The van der Waals surface area contributed by atoms with Gasteiger partial charge in [-0.05, 0) is 52.0 Å². The zero-order valence-corrected chi connectivity index (χ0v) is 15.7. The first-order chi connectivity index (χ1) is 11.7. The van der Waals surface area contributed by atoms with Gasteiger partial charge in [-0.25, -0.2) is 4.79 Å². The monoisotopic (exact) mass is 346 g/mol. The zero-order valence-electron chi connectivity index (χ0n) is 15.7. The lowest BCUT2D eigenvalue weighted by atomic mass is 9.98. The van der Waals surface area contributed by atoms with Crippen molar-refractivity contribution in [3.05, 3.63) is 35.9 Å². The molecule has 1 aliphatic carbocycles. The second-order valence-corrected chi connectivity index (χ2v) is 8.00. The van der Waals surface area contributed by atoms with E-state index in [9.17, 15) is 14.7 Å². The van der Waals surface area contributed by atoms with Crippen LogP contribution in [0.15, 0.2) is 30.3 Å². The maximum atomic E-state index is 12.9. The third-order valence-corrected chi connectivity index (χ3v) is 4.75. The molecule has 1 aromatic rings. The van der Waals surface area contributed by atoms with Gasteiger partial charge in [-0.3, -0.25) is 9.69 Å². The number of nitrogens with zero attached hydrogens (tertiary/aromatic N) is 1. The quantitative estimate of drug-likeness (QED) is 0.777. The average Bonchev–Trinajstić information content (AvgIpc) is 3.34. The molecular weight excluding hydrogens is 316 g/mol. The first kappa shape index (κ1) is 19.3. The fourth-order valence-electron chi connectivity index (χ4n) is 3.20. The fourth-order valence-corrected chi connectivity index (χ4v) is 3.20. The number of rotatable bonds is 7. The van der Waals surface area contributed by atoms with Gasteiger partial charge >= 0.3 is 6.09 Å². The van der Waals surface area contributed by atoms with Crippen molar-refractivity contribution in [3.63, 3.8) is 0 Å². The van der Waals surface area contributed by atoms with Crippen LogP contribution >= 0.6 is 0 Å². The smallest absolute Gasteiger partial charge is 0.408 e. The van der Waals surface area contributed by atoms with E-state index >= 15 is 0 Å². The number of amides is 2. The van der Waals surface area contributed by atoms with Crippen LogP contribution in [0, 0.1) is 5.92 Å². The predicted molar refractivity (Wildman–Crippen MR) is 98.4 cm³/mol. The van der Waals surface area contributed by atoms with Crippen LogP contribution in [0.4, 0.5) is 4.79 Å². The molecule has 0 spiro atoms. The summed E-state index contributed by atoms with van der Waals surface area (Å²) in [4.78, 5) is 26.1. The summed E-state index contributed by atoms with van der Waals surface area (Å²) < 4.78 is 0. The average molecular weight is 346 g/mol. The Labute approximate surface area is 150 Å². The van der Waals surface area contributed by atoms with Gasteiger partial charge in [0.1, 0.15) is 6.04 Å². The highest BCUT2D eigenvalue weighted by Crippen LogP contribution is 2.35. The summed E-state index contributed by atoms with van der Waals surface area (Å²) in [5, 5.41) is 12.7. The molecule has 2 N–H and O–H groups in total. The van der Waals surface area contributed by atoms with Crippen molar-refractivity contribution in [2.75, 3.05) is 0 Å². The molecule has 0 aromatic heterocycles. The van der Waals surface area contributed by atoms with Crippen molar-refractivity contribution in [1.82, 2.24) is 10.2 Å². The van der Waals surface area contributed by atoms with E-state index in [2.05, 4.69) is 5.32 Å². The molecule has 0 saturated heterocycles. The lowest BCUT2D eigenvalue weighted by molar-refractivity contribution is -0.128. The second kappa shape index (κ2) is 7.89. The molecule has 1 unspecified atom stereocenters. The van der Waals surface area contributed by atoms with Gasteiger partial charge in [0.15, 0.2) is 0 Å². The summed E-state index contributed by atoms with van der Waals surface area (Å²) in [5.74, 6) is 0.437. The Bertz CT molecular complexity index is 591. The SMILES string of the molecule is C[C@H](NC(=O)C(CCC1CC1)N(C(=O)O)C(C)(C)C)c1ccccc1. The van der Waals surface area contributed by atoms with Gasteiger partial charge in [0.25, 0.3) is 0 Å². The van der Waals surface area contributed by atoms with Gasteiger partial charge in [-0.1, -0.05) is 43.2 Å². The van der Waals surface area contributed by atoms with Crippen LogP contribution in [0.5, 0.6) is 0 Å². The van der Waals surface area contributed by atoms with Crippen LogP contribution in [-0.4, -0.2) is 33.6 Å². The Morgan fingerprint density at radius 1 is 1.24 bits per heavy atom. The molecule has 2 atom stereocenters. The molecular formula is C20H30N2O3. The number of carbonyl (C=O) groups is 2. The Balaban J connectivity index is 2.14. The molecule has 25 heavy (non-hydrogen) atoms. The van der Waals surface area contributed by atoms with E-state index in [1.165, 1.54) is 17.7 Å². The van der Waals surface area contributed by atoms with Gasteiger partial charge in [0, 0.05) is 5.54 Å². The first-order valence-electron chi connectivity index (χ1n) is 9.07. The number of hydrogen-bond acceptors (Lipinski definition) is 2. The number of hydrogen-bond donors (Lipinski definition) is 2. The van der Waals surface area contributed by atoms with E-state index in [0.29, 0.717) is 12.3 Å². The second-order valence-electron chi connectivity index (χ2n) is 8.00. The topological polar surface area (TPSA) is 69.6 Å². The molecule has 2 rings (SSSR count). The molecule has 5 nitrogen and oxygen atoms in total. The molecule has 0 aliphatic heterocycles. The van der Waals surface area contributed by atoms with E-state index in [0.717, 1.165) is 12.0 Å². The van der Waals surface area contributed by atoms with Crippen LogP contribution in [0.25, 0.3) is 0 Å². The third kappa shape index (κ3) is 5.48. The van der Waals surface area contributed by atoms with E-state index in [4.69, 9.17) is 0 Å². The van der Waals surface area contributed by atoms with Crippen molar-refractivity contribution in [3.8, 4) is 0 Å². The maximum Gasteiger partial charge on any atom is 0.408 e. The summed E-state index contributed by atoms with van der Waals surface area (Å²) in [7, 11) is 0. The maximum absolute atomic E-state index is 12.9. The van der Waals surface area contributed by atoms with E-state index < -0.39 is 17.7 Å². The molecule has 5 heteroatoms. The minimum atomic E-state index is -1.05. The van der Waals surface area contributed by atoms with E-state index in [1.807, 2.05) is 58.0 Å². The van der Waals surface area contributed by atoms with Crippen LogP contribution < -0.4 is 5.32 Å². The first-order valence-corrected chi connectivity index (χ1v) is 9.07. The van der Waals surface area contributed by atoms with E-state index in [1.54, 1.807) is 0 Å². The summed E-state index contributed by atoms with van der Waals surface area (Å²) in [6, 6.07) is 8.90. The summed E-state index contributed by atoms with van der Waals surface area (Å²) >= 11 is 0. The number of benzene rings is 1. The Morgan fingerprint density at radius 2 is 1.84 bits per heavy atom. The molecule has 138 valence electrons. The number of carbonyl (C=O) groups excluding carboxylic acids is 1. The van der Waals surface area contributed by atoms with E-state index in [-0.39, 0.29) is 11.9 Å². The molecule has 0 heterocycles. The van der Waals surface area contributed by atoms with Gasteiger partial charge in [-0.2, -0.15) is 0 Å². The normalized spacial score (nSPS) is 16.8. The Kier molecular flexibility index (Phi) is 6.09. The van der Waals surface area contributed by atoms with Crippen molar-refractivity contribution in [1.29, 1.82) is 0 Å². The molecule has 1 fully saturated rings. The lowest BCUT2D eigenvalue weighted by Gasteiger charge is -2.39. The van der Waals surface area contributed by atoms with Crippen molar-refractivity contribution in [2.45, 2.75) is 71.0 Å². The molecule has 2 amide bonds. The number of carboxylic acid groups (broad SMARTS) is 1. The van der Waals surface area contributed by atoms with Crippen molar-refractivity contribution >= 4 is 12.0 Å². The van der Waals surface area contributed by atoms with Crippen LogP contribution in [0.1, 0.15) is 65.0 Å². The number of nitrogens with one attached hydrogen (secondary N) is 1. The predicted octanol–water partition coefficient (Wildman–Crippen LogP) is 4.20. The van der Waals surface area contributed by atoms with Gasteiger partial charge < -0.3 is 10.4 Å². The minimum absolute atomic E-state index is 0.160. The van der Waals surface area contributed by atoms with Crippen molar-refractivity contribution in [2.24, 2.45) is 5.92 Å². The highest BCUT2D eigenvalue weighted by molar-refractivity contribution is 5.86. The highest BCUT2D eigenvalue weighted by Gasteiger charge is 2.38. The molecule has 1 aliphatic rings. The molecule has 0 bridgehead atoms. The summed E-state index contributed by atoms with van der Waals surface area (Å²) in [5.41, 5.74) is 0.377. The van der Waals surface area contributed by atoms with Crippen molar-refractivity contribution < 1.29 is 14.7 Å². The summed E-state index contributed by atoms with van der Waals surface area (Å²) in [6.45, 7) is 7.42. The standard InChI is InChI=1S/C20H30N2O3/c1-14(16-8-6-5-7-9-16)21-18(23)17(13-12-15-10-11-15)22(19(24)25)20(2,3)4/h5-9,14-15,17H,10-13H2,1-4H3,(H,21,23)(H,24,25)/t14-,17?/m0/s1. The van der Waals surface area contributed by atoms with Gasteiger partial charge in [0.05, 0.1) is 6.04 Å². The van der Waals surface area contributed by atoms with Crippen LogP contribution in [-0.2, 0) is 4.79 Å². The lowest BCUT2D eigenvalue weighted by Crippen LogP contribution is -2.57. The highest BCUT2D eigenvalue weighted by atomic mass is 16.4. The minimum Gasteiger partial charge on any atom is -0.465 e. The fraction of sp³-hybridized carbons (Fsp3) is 0.600.